The molecule has 0 fully saturated rings. The van der Waals surface area contributed by atoms with Gasteiger partial charge in [0.15, 0.2) is 0 Å². The Morgan fingerprint density at radius 3 is 2.11 bits per heavy atom. The van der Waals surface area contributed by atoms with Crippen LogP contribution >= 0.6 is 0 Å². The number of hydrogen-bond acceptors (Lipinski definition) is 6. The number of esters is 1. The fourth-order valence-corrected chi connectivity index (χ4v) is 4.15. The highest BCUT2D eigenvalue weighted by atomic mass is 19.4. The summed E-state index contributed by atoms with van der Waals surface area (Å²) in [7, 11) is 0. The van der Waals surface area contributed by atoms with Crippen molar-refractivity contribution in [2.24, 2.45) is 0 Å². The Labute approximate surface area is 258 Å². The van der Waals surface area contributed by atoms with E-state index in [0.29, 0.717) is 17.4 Å². The van der Waals surface area contributed by atoms with Crippen molar-refractivity contribution in [3.05, 3.63) is 65.7 Å². The van der Waals surface area contributed by atoms with E-state index in [2.05, 4.69) is 20.8 Å². The molecule has 1 heterocycles. The summed E-state index contributed by atoms with van der Waals surface area (Å²) in [6.45, 7) is 4.36. The van der Waals surface area contributed by atoms with Gasteiger partial charge in [-0.15, -0.1) is 8.78 Å². The minimum absolute atomic E-state index is 0.0479. The van der Waals surface area contributed by atoms with Crippen LogP contribution in [0.25, 0.3) is 22.3 Å². The molecule has 0 saturated carbocycles. The molecular formula is C31H31F9O6. The number of aryl methyl sites for hydroxylation is 1. The number of fused-ring (bicyclic) bond motifs is 1. The molecule has 3 aromatic rings. The average Bonchev–Trinajstić information content (AvgIpc) is 3.34. The molecule has 3 rings (SSSR count). The molecule has 2 aromatic carbocycles. The van der Waals surface area contributed by atoms with Gasteiger partial charge in [0, 0.05) is 22.6 Å². The average molecular weight is 671 g/mol. The van der Waals surface area contributed by atoms with E-state index in [9.17, 15) is 44.3 Å². The third-order valence-electron chi connectivity index (χ3n) is 6.39. The largest absolute Gasteiger partial charge is 0.494 e. The van der Waals surface area contributed by atoms with Crippen LogP contribution in [0, 0.1) is 0 Å². The van der Waals surface area contributed by atoms with E-state index in [0.717, 1.165) is 25.3 Å². The maximum atomic E-state index is 14.0. The zero-order valence-corrected chi connectivity index (χ0v) is 24.8. The molecule has 0 saturated heterocycles. The molecule has 1 aromatic heterocycles. The first-order valence-corrected chi connectivity index (χ1v) is 14.0. The van der Waals surface area contributed by atoms with E-state index in [1.54, 1.807) is 6.07 Å². The maximum Gasteiger partial charge on any atom is 0.494 e. The Morgan fingerprint density at radius 2 is 1.50 bits per heavy atom. The molecule has 0 amide bonds. The van der Waals surface area contributed by atoms with Crippen LogP contribution in [0.15, 0.2) is 59.0 Å². The van der Waals surface area contributed by atoms with Gasteiger partial charge in [-0.3, -0.25) is 0 Å². The Balaban J connectivity index is 1.62. The van der Waals surface area contributed by atoms with Crippen molar-refractivity contribution in [3.63, 3.8) is 0 Å². The molecule has 0 unspecified atom stereocenters. The summed E-state index contributed by atoms with van der Waals surface area (Å²) in [5.41, 5.74) is -0.664. The van der Waals surface area contributed by atoms with Crippen LogP contribution in [-0.2, 0) is 31.6 Å². The maximum absolute atomic E-state index is 14.0. The molecule has 46 heavy (non-hydrogen) atoms. The van der Waals surface area contributed by atoms with Gasteiger partial charge in [-0.25, -0.2) is 14.3 Å². The standard InChI is InChI=1S/C31H31F9O6/c1-4-5-6-7-20-8-11-23(24(16-20)30(36,37)38)26-17-21-9-10-22(18-25(21)44-26)42-14-12-28(32,33)45-31(39,40)46-29(34,35)13-15-43-27(41)19(2)3/h8-11,16-18H,2,4-7,12-15H2,1,3H3. The van der Waals surface area contributed by atoms with Gasteiger partial charge in [0.1, 0.15) is 17.1 Å². The fourth-order valence-electron chi connectivity index (χ4n) is 4.15. The van der Waals surface area contributed by atoms with Crippen LogP contribution in [0.3, 0.4) is 0 Å². The van der Waals surface area contributed by atoms with Gasteiger partial charge in [-0.1, -0.05) is 38.5 Å². The molecule has 15 heteroatoms. The van der Waals surface area contributed by atoms with Gasteiger partial charge < -0.3 is 13.9 Å². The fraction of sp³-hybridized carbons (Fsp3) is 0.452. The number of hydrogen-bond donors (Lipinski definition) is 0. The van der Waals surface area contributed by atoms with Crippen molar-refractivity contribution in [3.8, 4) is 17.1 Å². The number of rotatable bonds is 17. The summed E-state index contributed by atoms with van der Waals surface area (Å²) in [6.07, 6.45) is -19.6. The summed E-state index contributed by atoms with van der Waals surface area (Å²) >= 11 is 0. The Kier molecular flexibility index (Phi) is 11.8. The molecule has 0 spiro atoms. The number of carbonyl (C=O) groups excluding carboxylic acids is 1. The van der Waals surface area contributed by atoms with Crippen molar-refractivity contribution < 1.29 is 67.7 Å². The zero-order chi connectivity index (χ0) is 34.3. The van der Waals surface area contributed by atoms with E-state index in [-0.39, 0.29) is 28.2 Å². The molecular weight excluding hydrogens is 639 g/mol. The normalized spacial score (nSPS) is 12.8. The first kappa shape index (κ1) is 36.7. The van der Waals surface area contributed by atoms with Gasteiger partial charge in [0.2, 0.25) is 0 Å². The van der Waals surface area contributed by atoms with E-state index in [4.69, 9.17) is 9.15 Å². The molecule has 0 atom stereocenters. The monoisotopic (exact) mass is 670 g/mol. The Hall–Kier alpha value is -3.72. The van der Waals surface area contributed by atoms with Crippen LogP contribution in [0.5, 0.6) is 5.75 Å². The molecule has 0 N–H and O–H groups in total. The number of furan rings is 1. The quantitative estimate of drug-likeness (QED) is 0.0468. The minimum atomic E-state index is -5.45. The first-order valence-electron chi connectivity index (χ1n) is 14.0. The first-order chi connectivity index (χ1) is 21.3. The van der Waals surface area contributed by atoms with Gasteiger partial charge in [0.25, 0.3) is 0 Å². The van der Waals surface area contributed by atoms with Gasteiger partial charge in [0.05, 0.1) is 31.6 Å². The summed E-state index contributed by atoms with van der Waals surface area (Å²) < 4.78 is 146. The van der Waals surface area contributed by atoms with Gasteiger partial charge >= 0.3 is 30.7 Å². The highest BCUT2D eigenvalue weighted by molar-refractivity contribution is 5.87. The van der Waals surface area contributed by atoms with Gasteiger partial charge in [-0.05, 0) is 49.6 Å². The summed E-state index contributed by atoms with van der Waals surface area (Å²) in [5.74, 6) is -1.28. The third-order valence-corrected chi connectivity index (χ3v) is 6.39. The summed E-state index contributed by atoms with van der Waals surface area (Å²) in [6, 6.07) is 9.20. The van der Waals surface area contributed by atoms with Crippen LogP contribution < -0.4 is 4.74 Å². The number of alkyl halides is 9. The lowest BCUT2D eigenvalue weighted by atomic mass is 9.98. The number of unbranched alkanes of at least 4 members (excludes halogenated alkanes) is 2. The lowest BCUT2D eigenvalue weighted by molar-refractivity contribution is -0.514. The van der Waals surface area contributed by atoms with Crippen LogP contribution in [-0.4, -0.2) is 37.7 Å². The number of carbonyl (C=O) groups is 1. The third kappa shape index (κ3) is 11.0. The summed E-state index contributed by atoms with van der Waals surface area (Å²) in [5, 5.41) is 0.364. The van der Waals surface area contributed by atoms with Crippen molar-refractivity contribution in [2.45, 2.75) is 77.1 Å². The molecule has 0 aliphatic carbocycles. The smallest absolute Gasteiger partial charge is 0.493 e. The number of benzene rings is 2. The lowest BCUT2D eigenvalue weighted by Gasteiger charge is -2.26. The highest BCUT2D eigenvalue weighted by Crippen LogP contribution is 2.41. The second-order valence-electron chi connectivity index (χ2n) is 10.4. The number of ether oxygens (including phenoxy) is 4. The zero-order valence-electron chi connectivity index (χ0n) is 24.8. The molecule has 0 aliphatic heterocycles. The topological polar surface area (TPSA) is 67.1 Å². The number of halogens is 9. The molecule has 0 radical (unpaired) electrons. The van der Waals surface area contributed by atoms with E-state index >= 15 is 0 Å². The van der Waals surface area contributed by atoms with E-state index in [1.807, 2.05) is 6.92 Å². The van der Waals surface area contributed by atoms with Crippen molar-refractivity contribution in [1.29, 1.82) is 0 Å². The van der Waals surface area contributed by atoms with Crippen molar-refractivity contribution >= 4 is 16.9 Å². The minimum Gasteiger partial charge on any atom is -0.493 e. The van der Waals surface area contributed by atoms with E-state index in [1.165, 1.54) is 37.3 Å². The molecule has 0 bridgehead atoms. The SMILES string of the molecule is C=C(C)C(=O)OCCC(F)(F)OC(F)(F)OC(F)(F)CCOc1ccc2cc(-c3ccc(CCCCC)cc3C(F)(F)F)oc2c1. The van der Waals surface area contributed by atoms with Crippen LogP contribution in [0.1, 0.15) is 57.1 Å². The molecule has 0 aliphatic rings. The summed E-state index contributed by atoms with van der Waals surface area (Å²) in [4.78, 5) is 11.2. The lowest BCUT2D eigenvalue weighted by Crippen LogP contribution is -2.41. The van der Waals surface area contributed by atoms with Crippen molar-refractivity contribution in [1.82, 2.24) is 0 Å². The molecule has 254 valence electrons. The van der Waals surface area contributed by atoms with Crippen LogP contribution in [0.4, 0.5) is 39.5 Å². The van der Waals surface area contributed by atoms with Crippen LogP contribution in [0.2, 0.25) is 0 Å². The second kappa shape index (κ2) is 14.8. The predicted molar refractivity (Wildman–Crippen MR) is 147 cm³/mol. The van der Waals surface area contributed by atoms with Crippen molar-refractivity contribution in [2.75, 3.05) is 13.2 Å². The van der Waals surface area contributed by atoms with Gasteiger partial charge in [-0.2, -0.15) is 30.7 Å². The Morgan fingerprint density at radius 1 is 0.848 bits per heavy atom. The second-order valence-corrected chi connectivity index (χ2v) is 10.4. The van der Waals surface area contributed by atoms with E-state index < -0.39 is 62.3 Å². The predicted octanol–water partition coefficient (Wildman–Crippen LogP) is 9.90. The highest BCUT2D eigenvalue weighted by Gasteiger charge is 2.52. The molecule has 6 nitrogen and oxygen atoms in total. The Bertz CT molecular complexity index is 1500.